The van der Waals surface area contributed by atoms with Gasteiger partial charge in [0.25, 0.3) is 0 Å². The lowest BCUT2D eigenvalue weighted by Crippen LogP contribution is -2.25. The third kappa shape index (κ3) is 5.02. The highest BCUT2D eigenvalue weighted by molar-refractivity contribution is 5.81. The average molecular weight is 311 g/mol. The monoisotopic (exact) mass is 311 g/mol. The molecule has 2 aromatic rings. The number of carbonyl (C=O) groups excluding carboxylic acids is 1. The highest BCUT2D eigenvalue weighted by atomic mass is 16.6. The van der Waals surface area contributed by atoms with E-state index >= 15 is 0 Å². The molecular weight excluding hydrogens is 290 g/mol. The van der Waals surface area contributed by atoms with Crippen molar-refractivity contribution in [1.29, 1.82) is 0 Å². The molecule has 0 aliphatic carbocycles. The number of ketones is 1. The van der Waals surface area contributed by atoms with Crippen LogP contribution in [0.5, 0.6) is 0 Å². The van der Waals surface area contributed by atoms with E-state index in [0.29, 0.717) is 12.8 Å². The number of rotatable bonds is 8. The van der Waals surface area contributed by atoms with Crippen LogP contribution in [0, 0.1) is 16.0 Å². The second-order valence-corrected chi connectivity index (χ2v) is 5.77. The Morgan fingerprint density at radius 3 is 2.17 bits per heavy atom. The normalized spacial score (nSPS) is 13.3. The highest BCUT2D eigenvalue weighted by Gasteiger charge is 2.29. The first-order chi connectivity index (χ1) is 11.1. The number of Topliss-reactive ketones (excluding diaryl/α,β-unsaturated/α-hetero) is 1. The molecule has 0 radical (unpaired) electrons. The Morgan fingerprint density at radius 1 is 1.04 bits per heavy atom. The summed E-state index contributed by atoms with van der Waals surface area (Å²) in [7, 11) is 0. The maximum absolute atomic E-state index is 12.5. The van der Waals surface area contributed by atoms with Crippen LogP contribution in [0.1, 0.15) is 30.4 Å². The summed E-state index contributed by atoms with van der Waals surface area (Å²) in [5.41, 5.74) is 1.96. The molecule has 0 aliphatic heterocycles. The van der Waals surface area contributed by atoms with Gasteiger partial charge in [0.1, 0.15) is 5.78 Å². The van der Waals surface area contributed by atoms with Gasteiger partial charge in [-0.25, -0.2) is 0 Å². The summed E-state index contributed by atoms with van der Waals surface area (Å²) in [5, 5.41) is 11.0. The maximum Gasteiger partial charge on any atom is 0.211 e. The summed E-state index contributed by atoms with van der Waals surface area (Å²) in [6, 6.07) is 19.1. The lowest BCUT2D eigenvalue weighted by atomic mass is 9.83. The van der Waals surface area contributed by atoms with Crippen molar-refractivity contribution in [2.24, 2.45) is 5.92 Å². The number of benzene rings is 2. The molecule has 2 rings (SSSR count). The van der Waals surface area contributed by atoms with Crippen LogP contribution >= 0.6 is 0 Å². The molecule has 0 saturated heterocycles. The summed E-state index contributed by atoms with van der Waals surface area (Å²) >= 11 is 0. The second-order valence-electron chi connectivity index (χ2n) is 5.77. The van der Waals surface area contributed by atoms with Crippen molar-refractivity contribution in [3.8, 4) is 0 Å². The third-order valence-corrected chi connectivity index (χ3v) is 4.19. The van der Waals surface area contributed by atoms with Gasteiger partial charge in [0.15, 0.2) is 0 Å². The molecule has 0 heterocycles. The molecule has 0 N–H and O–H groups in total. The van der Waals surface area contributed by atoms with Crippen LogP contribution in [0.2, 0.25) is 0 Å². The van der Waals surface area contributed by atoms with Crippen molar-refractivity contribution in [1.82, 2.24) is 0 Å². The Balaban J connectivity index is 2.05. The predicted octanol–water partition coefficient (Wildman–Crippen LogP) is 3.88. The van der Waals surface area contributed by atoms with Crippen molar-refractivity contribution in [2.75, 3.05) is 6.54 Å². The van der Waals surface area contributed by atoms with E-state index in [2.05, 4.69) is 0 Å². The summed E-state index contributed by atoms with van der Waals surface area (Å²) < 4.78 is 0. The van der Waals surface area contributed by atoms with Crippen LogP contribution in [0.4, 0.5) is 0 Å². The molecular formula is C19H21NO3. The van der Waals surface area contributed by atoms with E-state index in [0.717, 1.165) is 11.1 Å². The van der Waals surface area contributed by atoms with Crippen molar-refractivity contribution in [3.63, 3.8) is 0 Å². The average Bonchev–Trinajstić information content (AvgIpc) is 2.58. The standard InChI is InChI=1S/C19H21NO3/c1-15(19(21)13-12-16-8-4-2-5-9-16)18(14-20(22)23)17-10-6-3-7-11-17/h2-11,15,18H,12-14H2,1H3/t15-,18+/m0/s1. The number of hydrogen-bond acceptors (Lipinski definition) is 3. The smallest absolute Gasteiger partial charge is 0.211 e. The largest absolute Gasteiger partial charge is 0.299 e. The molecule has 0 unspecified atom stereocenters. The Bertz CT molecular complexity index is 640. The van der Waals surface area contributed by atoms with Crippen LogP contribution in [-0.4, -0.2) is 17.3 Å². The number of nitrogens with zero attached hydrogens (tertiary/aromatic N) is 1. The van der Waals surface area contributed by atoms with E-state index in [-0.39, 0.29) is 29.1 Å². The van der Waals surface area contributed by atoms with Gasteiger partial charge in [0.05, 0.1) is 5.92 Å². The Hall–Kier alpha value is -2.49. The lowest BCUT2D eigenvalue weighted by molar-refractivity contribution is -0.484. The summed E-state index contributed by atoms with van der Waals surface area (Å²) in [4.78, 5) is 23.1. The summed E-state index contributed by atoms with van der Waals surface area (Å²) in [5.74, 6) is -0.675. The molecule has 23 heavy (non-hydrogen) atoms. The molecule has 0 amide bonds. The molecule has 120 valence electrons. The van der Waals surface area contributed by atoms with Crippen LogP contribution < -0.4 is 0 Å². The van der Waals surface area contributed by atoms with Crippen LogP contribution in [0.15, 0.2) is 60.7 Å². The van der Waals surface area contributed by atoms with Gasteiger partial charge in [-0.05, 0) is 17.5 Å². The van der Waals surface area contributed by atoms with E-state index in [1.165, 1.54) is 0 Å². The number of aryl methyl sites for hydroxylation is 1. The van der Waals surface area contributed by atoms with E-state index in [1.54, 1.807) is 6.92 Å². The van der Waals surface area contributed by atoms with Crippen LogP contribution in [0.25, 0.3) is 0 Å². The lowest BCUT2D eigenvalue weighted by Gasteiger charge is -2.20. The van der Waals surface area contributed by atoms with Gasteiger partial charge in [-0.3, -0.25) is 14.9 Å². The Labute approximate surface area is 136 Å². The SMILES string of the molecule is C[C@H](C(=O)CCc1ccccc1)[C@@H](C[N+](=O)[O-])c1ccccc1. The van der Waals surface area contributed by atoms with E-state index < -0.39 is 0 Å². The van der Waals surface area contributed by atoms with Gasteiger partial charge >= 0.3 is 0 Å². The number of carbonyl (C=O) groups is 1. The number of nitro groups is 1. The fourth-order valence-corrected chi connectivity index (χ4v) is 2.78. The molecule has 0 bridgehead atoms. The zero-order chi connectivity index (χ0) is 16.7. The minimum absolute atomic E-state index is 0.0737. The highest BCUT2D eigenvalue weighted by Crippen LogP contribution is 2.27. The van der Waals surface area contributed by atoms with Crippen molar-refractivity contribution >= 4 is 5.78 Å². The first kappa shape index (κ1) is 16.9. The van der Waals surface area contributed by atoms with Gasteiger partial charge < -0.3 is 0 Å². The van der Waals surface area contributed by atoms with E-state index in [4.69, 9.17) is 0 Å². The topological polar surface area (TPSA) is 60.2 Å². The maximum atomic E-state index is 12.5. The van der Waals surface area contributed by atoms with Crippen LogP contribution in [0.3, 0.4) is 0 Å². The number of hydrogen-bond donors (Lipinski definition) is 0. The van der Waals surface area contributed by atoms with Crippen molar-refractivity contribution in [2.45, 2.75) is 25.7 Å². The summed E-state index contributed by atoms with van der Waals surface area (Å²) in [6.45, 7) is 1.58. The van der Waals surface area contributed by atoms with Gasteiger partial charge in [-0.15, -0.1) is 0 Å². The second kappa shape index (κ2) is 8.22. The quantitative estimate of drug-likeness (QED) is 0.549. The molecule has 0 fully saturated rings. The predicted molar refractivity (Wildman–Crippen MR) is 90.0 cm³/mol. The zero-order valence-corrected chi connectivity index (χ0v) is 13.2. The molecule has 2 aromatic carbocycles. The fraction of sp³-hybridized carbons (Fsp3) is 0.316. The first-order valence-electron chi connectivity index (χ1n) is 7.81. The molecule has 0 spiro atoms. The van der Waals surface area contributed by atoms with E-state index in [9.17, 15) is 14.9 Å². The molecule has 0 saturated carbocycles. The van der Waals surface area contributed by atoms with Gasteiger partial charge in [-0.2, -0.15) is 0 Å². The molecule has 4 nitrogen and oxygen atoms in total. The molecule has 0 aliphatic rings. The van der Waals surface area contributed by atoms with Gasteiger partial charge in [0.2, 0.25) is 6.54 Å². The summed E-state index contributed by atoms with van der Waals surface area (Å²) in [6.07, 6.45) is 1.08. The molecule has 4 heteroatoms. The van der Waals surface area contributed by atoms with Gasteiger partial charge in [-0.1, -0.05) is 67.6 Å². The van der Waals surface area contributed by atoms with E-state index in [1.807, 2.05) is 60.7 Å². The van der Waals surface area contributed by atoms with Gasteiger partial charge in [0, 0.05) is 17.3 Å². The first-order valence-corrected chi connectivity index (χ1v) is 7.81. The minimum Gasteiger partial charge on any atom is -0.299 e. The van der Waals surface area contributed by atoms with Crippen molar-refractivity contribution in [3.05, 3.63) is 81.9 Å². The van der Waals surface area contributed by atoms with Crippen LogP contribution in [-0.2, 0) is 11.2 Å². The Morgan fingerprint density at radius 2 is 1.61 bits per heavy atom. The molecule has 0 aromatic heterocycles. The minimum atomic E-state index is -0.380. The zero-order valence-electron chi connectivity index (χ0n) is 13.2. The third-order valence-electron chi connectivity index (χ3n) is 4.19. The molecule has 2 atom stereocenters. The van der Waals surface area contributed by atoms with Crippen molar-refractivity contribution < 1.29 is 9.72 Å². The fourth-order valence-electron chi connectivity index (χ4n) is 2.78. The Kier molecular flexibility index (Phi) is 6.03.